The molecule has 0 saturated carbocycles. The molecule has 0 aliphatic heterocycles. The van der Waals surface area contributed by atoms with Gasteiger partial charge in [0.15, 0.2) is 23.0 Å². The summed E-state index contributed by atoms with van der Waals surface area (Å²) in [6.45, 7) is 1.12. The lowest BCUT2D eigenvalue weighted by molar-refractivity contribution is 0.264. The van der Waals surface area contributed by atoms with Crippen LogP contribution in [0.5, 0.6) is 23.0 Å². The molecule has 2 aromatic rings. The number of methoxy groups -OCH3 is 2. The van der Waals surface area contributed by atoms with Crippen LogP contribution in [-0.4, -0.2) is 27.4 Å². The zero-order valence-electron chi connectivity index (χ0n) is 15.5. The molecule has 0 unspecified atom stereocenters. The molecule has 0 N–H and O–H groups in total. The van der Waals surface area contributed by atoms with Crippen molar-refractivity contribution < 1.29 is 18.9 Å². The lowest BCUT2D eigenvalue weighted by Crippen LogP contribution is -2.02. The number of hydrogen-bond acceptors (Lipinski definition) is 6. The molecule has 0 saturated heterocycles. The molecule has 0 bridgehead atoms. The summed E-state index contributed by atoms with van der Waals surface area (Å²) >= 11 is 0. The van der Waals surface area contributed by atoms with Crippen LogP contribution in [0.25, 0.3) is 0 Å². The molecule has 140 valence electrons. The molecule has 0 amide bonds. The number of rotatable bonds is 10. The Morgan fingerprint density at radius 1 is 0.667 bits per heavy atom. The lowest BCUT2D eigenvalue weighted by Gasteiger charge is -2.12. The van der Waals surface area contributed by atoms with Crippen molar-refractivity contribution in [1.82, 2.24) is 0 Å². The van der Waals surface area contributed by atoms with Crippen molar-refractivity contribution in [3.8, 4) is 35.1 Å². The molecule has 0 aliphatic carbocycles. The van der Waals surface area contributed by atoms with E-state index in [1.165, 1.54) is 0 Å². The van der Waals surface area contributed by atoms with Crippen LogP contribution in [0.4, 0.5) is 0 Å². The van der Waals surface area contributed by atoms with Crippen LogP contribution in [-0.2, 0) is 0 Å². The summed E-state index contributed by atoms with van der Waals surface area (Å²) in [4.78, 5) is 0. The predicted octanol–water partition coefficient (Wildman–Crippen LogP) is 4.08. The van der Waals surface area contributed by atoms with E-state index in [1.54, 1.807) is 50.6 Å². The minimum atomic E-state index is 0.537. The topological polar surface area (TPSA) is 84.5 Å². The normalized spacial score (nSPS) is 9.78. The fourth-order valence-electron chi connectivity index (χ4n) is 2.46. The number of unbranched alkanes of at least 4 members (excludes halogenated alkanes) is 2. The Kier molecular flexibility index (Phi) is 7.81. The van der Waals surface area contributed by atoms with Gasteiger partial charge in [-0.3, -0.25) is 0 Å². The second kappa shape index (κ2) is 10.6. The maximum Gasteiger partial charge on any atom is 0.162 e. The molecular formula is C21H22N2O4. The Bertz CT molecular complexity index is 768. The molecule has 6 heteroatoms. The van der Waals surface area contributed by atoms with E-state index < -0.39 is 0 Å². The summed E-state index contributed by atoms with van der Waals surface area (Å²) in [6.07, 6.45) is 2.69. The zero-order chi connectivity index (χ0) is 19.5. The van der Waals surface area contributed by atoms with Crippen molar-refractivity contribution in [2.24, 2.45) is 0 Å². The van der Waals surface area contributed by atoms with Gasteiger partial charge >= 0.3 is 0 Å². The van der Waals surface area contributed by atoms with Gasteiger partial charge in [-0.05, 0) is 43.5 Å². The van der Waals surface area contributed by atoms with E-state index in [-0.39, 0.29) is 0 Å². The molecule has 0 fully saturated rings. The lowest BCUT2D eigenvalue weighted by atomic mass is 10.2. The number of ether oxygens (including phenoxy) is 4. The van der Waals surface area contributed by atoms with Crippen LogP contribution in [0.2, 0.25) is 0 Å². The molecule has 2 rings (SSSR count). The first-order valence-corrected chi connectivity index (χ1v) is 8.63. The Hall–Kier alpha value is -3.38. The fourth-order valence-corrected chi connectivity index (χ4v) is 2.46. The summed E-state index contributed by atoms with van der Waals surface area (Å²) in [6, 6.07) is 14.4. The van der Waals surface area contributed by atoms with E-state index in [0.717, 1.165) is 19.3 Å². The van der Waals surface area contributed by atoms with E-state index in [0.29, 0.717) is 47.3 Å². The van der Waals surface area contributed by atoms with Crippen LogP contribution in [0.1, 0.15) is 30.4 Å². The van der Waals surface area contributed by atoms with Gasteiger partial charge in [0.2, 0.25) is 0 Å². The van der Waals surface area contributed by atoms with Crippen LogP contribution in [0, 0.1) is 22.7 Å². The smallest absolute Gasteiger partial charge is 0.162 e. The average molecular weight is 366 g/mol. The molecular weight excluding hydrogens is 344 g/mol. The van der Waals surface area contributed by atoms with Gasteiger partial charge < -0.3 is 18.9 Å². The SMILES string of the molecule is COc1cc(C#N)ccc1OCCCCCOc1ccc(C#N)cc1OC. The monoisotopic (exact) mass is 366 g/mol. The van der Waals surface area contributed by atoms with Gasteiger partial charge in [0.25, 0.3) is 0 Å². The highest BCUT2D eigenvalue weighted by Gasteiger charge is 2.07. The molecule has 2 aromatic carbocycles. The molecule has 6 nitrogen and oxygen atoms in total. The van der Waals surface area contributed by atoms with Crippen molar-refractivity contribution in [1.29, 1.82) is 10.5 Å². The first-order valence-electron chi connectivity index (χ1n) is 8.63. The minimum absolute atomic E-state index is 0.537. The summed E-state index contributed by atoms with van der Waals surface area (Å²) in [5.74, 6) is 2.39. The zero-order valence-corrected chi connectivity index (χ0v) is 15.5. The Morgan fingerprint density at radius 2 is 1.11 bits per heavy atom. The standard InChI is InChI=1S/C21H22N2O4/c1-24-20-12-16(14-22)6-8-18(20)26-10-4-3-5-11-27-19-9-7-17(15-23)13-21(19)25-2/h6-9,12-13H,3-5,10-11H2,1-2H3. The van der Waals surface area contributed by atoms with Crippen molar-refractivity contribution in [2.45, 2.75) is 19.3 Å². The van der Waals surface area contributed by atoms with Crippen molar-refractivity contribution in [3.05, 3.63) is 47.5 Å². The van der Waals surface area contributed by atoms with E-state index >= 15 is 0 Å². The van der Waals surface area contributed by atoms with E-state index in [9.17, 15) is 0 Å². The van der Waals surface area contributed by atoms with Gasteiger partial charge in [-0.25, -0.2) is 0 Å². The third-order valence-corrected chi connectivity index (χ3v) is 3.89. The van der Waals surface area contributed by atoms with Crippen LogP contribution in [0.3, 0.4) is 0 Å². The van der Waals surface area contributed by atoms with Crippen molar-refractivity contribution >= 4 is 0 Å². The molecule has 0 aromatic heterocycles. The largest absolute Gasteiger partial charge is 0.493 e. The number of benzene rings is 2. The van der Waals surface area contributed by atoms with Gasteiger partial charge in [-0.2, -0.15) is 10.5 Å². The maximum absolute atomic E-state index is 8.91. The minimum Gasteiger partial charge on any atom is -0.493 e. The van der Waals surface area contributed by atoms with Crippen LogP contribution >= 0.6 is 0 Å². The summed E-state index contributed by atoms with van der Waals surface area (Å²) in [5, 5.41) is 17.8. The molecule has 0 heterocycles. The van der Waals surface area contributed by atoms with Crippen molar-refractivity contribution in [2.75, 3.05) is 27.4 Å². The van der Waals surface area contributed by atoms with Gasteiger partial charge in [-0.1, -0.05) is 0 Å². The second-order valence-corrected chi connectivity index (χ2v) is 5.71. The predicted molar refractivity (Wildman–Crippen MR) is 100 cm³/mol. The number of nitrogens with zero attached hydrogens (tertiary/aromatic N) is 2. The summed E-state index contributed by atoms with van der Waals surface area (Å²) in [5.41, 5.74) is 1.07. The Balaban J connectivity index is 1.70. The van der Waals surface area contributed by atoms with Gasteiger partial charge in [0.1, 0.15) is 0 Å². The number of hydrogen-bond donors (Lipinski definition) is 0. The first kappa shape index (κ1) is 19.9. The summed E-state index contributed by atoms with van der Waals surface area (Å²) in [7, 11) is 3.11. The third-order valence-electron chi connectivity index (χ3n) is 3.89. The average Bonchev–Trinajstić information content (AvgIpc) is 2.72. The molecule has 27 heavy (non-hydrogen) atoms. The molecule has 0 atom stereocenters. The highest BCUT2D eigenvalue weighted by molar-refractivity contribution is 5.47. The highest BCUT2D eigenvalue weighted by atomic mass is 16.5. The Morgan fingerprint density at radius 3 is 1.48 bits per heavy atom. The van der Waals surface area contributed by atoms with Gasteiger partial charge in [-0.15, -0.1) is 0 Å². The number of nitriles is 2. The quantitative estimate of drug-likeness (QED) is 0.589. The second-order valence-electron chi connectivity index (χ2n) is 5.71. The Labute approximate surface area is 159 Å². The van der Waals surface area contributed by atoms with E-state index in [1.807, 2.05) is 0 Å². The maximum atomic E-state index is 8.91. The van der Waals surface area contributed by atoms with Gasteiger partial charge in [0.05, 0.1) is 50.7 Å². The fraction of sp³-hybridized carbons (Fsp3) is 0.333. The first-order chi connectivity index (χ1) is 13.2. The van der Waals surface area contributed by atoms with Crippen molar-refractivity contribution in [3.63, 3.8) is 0 Å². The molecule has 0 spiro atoms. The van der Waals surface area contributed by atoms with Crippen LogP contribution in [0.15, 0.2) is 36.4 Å². The molecule has 0 aliphatic rings. The third kappa shape index (κ3) is 5.83. The van der Waals surface area contributed by atoms with Crippen LogP contribution < -0.4 is 18.9 Å². The highest BCUT2D eigenvalue weighted by Crippen LogP contribution is 2.29. The van der Waals surface area contributed by atoms with Gasteiger partial charge in [0, 0.05) is 12.1 Å². The van der Waals surface area contributed by atoms with E-state index in [4.69, 9.17) is 29.5 Å². The molecule has 0 radical (unpaired) electrons. The summed E-state index contributed by atoms with van der Waals surface area (Å²) < 4.78 is 21.9. The van der Waals surface area contributed by atoms with E-state index in [2.05, 4.69) is 12.1 Å².